The molecule has 5 nitrogen and oxygen atoms in total. The SMILES string of the molecule is O=C([O-])C1=C(C(=O)NC2(c3ccccc3)CCOC2)CCC1.[Na+]. The van der Waals surface area contributed by atoms with Gasteiger partial charge in [0.05, 0.1) is 18.1 Å². The molecule has 116 valence electrons. The van der Waals surface area contributed by atoms with Gasteiger partial charge in [-0.2, -0.15) is 0 Å². The molecule has 1 aromatic rings. The number of nitrogens with one attached hydrogen (secondary N) is 1. The van der Waals surface area contributed by atoms with Crippen LogP contribution in [0.3, 0.4) is 0 Å². The second-order valence-electron chi connectivity index (χ2n) is 5.80. The second-order valence-corrected chi connectivity index (χ2v) is 5.80. The molecule has 1 fully saturated rings. The van der Waals surface area contributed by atoms with Gasteiger partial charge < -0.3 is 20.0 Å². The molecule has 0 aromatic heterocycles. The zero-order chi connectivity index (χ0) is 15.6. The van der Waals surface area contributed by atoms with Gasteiger partial charge in [0, 0.05) is 18.6 Å². The molecular formula is C17H18NNaO4. The van der Waals surface area contributed by atoms with Crippen LogP contribution in [0.2, 0.25) is 0 Å². The van der Waals surface area contributed by atoms with Crippen LogP contribution in [0.15, 0.2) is 41.5 Å². The summed E-state index contributed by atoms with van der Waals surface area (Å²) in [5, 5.41) is 14.2. The quantitative estimate of drug-likeness (QED) is 0.630. The summed E-state index contributed by atoms with van der Waals surface area (Å²) in [4.78, 5) is 23.7. The van der Waals surface area contributed by atoms with Gasteiger partial charge in [0.15, 0.2) is 0 Å². The predicted octanol–water partition coefficient (Wildman–Crippen LogP) is -2.35. The minimum absolute atomic E-state index is 0. The van der Waals surface area contributed by atoms with Crippen LogP contribution < -0.4 is 40.0 Å². The summed E-state index contributed by atoms with van der Waals surface area (Å²) in [6.45, 7) is 0.970. The Balaban J connectivity index is 0.00000192. The van der Waals surface area contributed by atoms with Gasteiger partial charge in [-0.1, -0.05) is 30.3 Å². The smallest absolute Gasteiger partial charge is 0.545 e. The van der Waals surface area contributed by atoms with Gasteiger partial charge in [0.2, 0.25) is 5.91 Å². The van der Waals surface area contributed by atoms with Crippen molar-refractivity contribution < 1.29 is 49.0 Å². The van der Waals surface area contributed by atoms with Crippen LogP contribution in [0.25, 0.3) is 0 Å². The Morgan fingerprint density at radius 1 is 1.13 bits per heavy atom. The average molecular weight is 323 g/mol. The van der Waals surface area contributed by atoms with E-state index in [0.29, 0.717) is 44.5 Å². The van der Waals surface area contributed by atoms with Gasteiger partial charge in [0.1, 0.15) is 0 Å². The zero-order valence-corrected chi connectivity index (χ0v) is 15.3. The molecule has 1 amide bonds. The van der Waals surface area contributed by atoms with E-state index in [2.05, 4.69) is 5.32 Å². The van der Waals surface area contributed by atoms with Gasteiger partial charge in [-0.05, 0) is 30.4 Å². The van der Waals surface area contributed by atoms with Crippen molar-refractivity contribution in [1.82, 2.24) is 5.32 Å². The first-order chi connectivity index (χ1) is 10.6. The molecule has 0 saturated carbocycles. The Kier molecular flexibility index (Phi) is 6.03. The number of amides is 1. The minimum atomic E-state index is -1.24. The summed E-state index contributed by atoms with van der Waals surface area (Å²) in [5.74, 6) is -1.55. The molecule has 1 atom stereocenters. The number of carbonyl (C=O) groups is 2. The van der Waals surface area contributed by atoms with E-state index < -0.39 is 11.5 Å². The van der Waals surface area contributed by atoms with Gasteiger partial charge in [0.25, 0.3) is 0 Å². The summed E-state index contributed by atoms with van der Waals surface area (Å²) < 4.78 is 5.49. The molecule has 1 heterocycles. The molecule has 1 saturated heterocycles. The van der Waals surface area contributed by atoms with Crippen molar-refractivity contribution in [1.29, 1.82) is 0 Å². The van der Waals surface area contributed by atoms with Gasteiger partial charge >= 0.3 is 29.6 Å². The average Bonchev–Trinajstić information content (AvgIpc) is 3.18. The maximum atomic E-state index is 12.6. The summed E-state index contributed by atoms with van der Waals surface area (Å²) in [6, 6.07) is 9.67. The number of hydrogen-bond donors (Lipinski definition) is 1. The van der Waals surface area contributed by atoms with Crippen molar-refractivity contribution in [2.45, 2.75) is 31.2 Å². The first-order valence-electron chi connectivity index (χ1n) is 7.51. The van der Waals surface area contributed by atoms with Crippen molar-refractivity contribution >= 4 is 11.9 Å². The van der Waals surface area contributed by atoms with Crippen molar-refractivity contribution in [3.05, 3.63) is 47.0 Å². The third-order valence-corrected chi connectivity index (χ3v) is 4.44. The standard InChI is InChI=1S/C17H19NO4.Na/c19-15(13-7-4-8-14(13)16(20)21)18-17(9-10-22-11-17)12-5-2-1-3-6-12;/h1-3,5-6H,4,7-11H2,(H,18,19)(H,20,21);/q;+1/p-1. The fourth-order valence-electron chi connectivity index (χ4n) is 3.23. The van der Waals surface area contributed by atoms with Crippen molar-refractivity contribution in [2.24, 2.45) is 0 Å². The Hall–Kier alpha value is -1.14. The van der Waals surface area contributed by atoms with E-state index >= 15 is 0 Å². The third-order valence-electron chi connectivity index (χ3n) is 4.44. The Morgan fingerprint density at radius 2 is 1.83 bits per heavy atom. The fraction of sp³-hybridized carbons (Fsp3) is 0.412. The first kappa shape index (κ1) is 18.2. The molecule has 1 aliphatic heterocycles. The molecule has 6 heteroatoms. The zero-order valence-electron chi connectivity index (χ0n) is 13.3. The van der Waals surface area contributed by atoms with Crippen LogP contribution in [0.1, 0.15) is 31.2 Å². The van der Waals surface area contributed by atoms with E-state index in [4.69, 9.17) is 4.74 Å². The van der Waals surface area contributed by atoms with Crippen LogP contribution in [-0.4, -0.2) is 25.1 Å². The molecule has 1 aliphatic carbocycles. The third kappa shape index (κ3) is 3.69. The van der Waals surface area contributed by atoms with Gasteiger partial charge in [-0.3, -0.25) is 4.79 Å². The van der Waals surface area contributed by atoms with Crippen LogP contribution >= 0.6 is 0 Å². The molecule has 3 rings (SSSR count). The van der Waals surface area contributed by atoms with Crippen LogP contribution in [0.5, 0.6) is 0 Å². The Morgan fingerprint density at radius 3 is 2.43 bits per heavy atom. The molecule has 1 N–H and O–H groups in total. The molecule has 1 aromatic carbocycles. The van der Waals surface area contributed by atoms with E-state index in [1.807, 2.05) is 30.3 Å². The maximum Gasteiger partial charge on any atom is 1.00 e. The topological polar surface area (TPSA) is 78.5 Å². The molecule has 0 radical (unpaired) electrons. The molecule has 23 heavy (non-hydrogen) atoms. The molecule has 1 unspecified atom stereocenters. The number of carboxylic acids is 1. The Labute approximate surface area is 157 Å². The van der Waals surface area contributed by atoms with E-state index in [1.165, 1.54) is 0 Å². The van der Waals surface area contributed by atoms with Crippen LogP contribution in [-0.2, 0) is 19.9 Å². The van der Waals surface area contributed by atoms with E-state index in [9.17, 15) is 14.7 Å². The maximum absolute atomic E-state index is 12.6. The van der Waals surface area contributed by atoms with Crippen molar-refractivity contribution in [3.63, 3.8) is 0 Å². The summed E-state index contributed by atoms with van der Waals surface area (Å²) in [6.07, 6.45) is 2.25. The summed E-state index contributed by atoms with van der Waals surface area (Å²) in [5.41, 5.74) is 0.890. The van der Waals surface area contributed by atoms with Crippen molar-refractivity contribution in [3.8, 4) is 0 Å². The monoisotopic (exact) mass is 323 g/mol. The largest absolute Gasteiger partial charge is 1.00 e. The summed E-state index contributed by atoms with van der Waals surface area (Å²) >= 11 is 0. The van der Waals surface area contributed by atoms with E-state index in [0.717, 1.165) is 5.56 Å². The van der Waals surface area contributed by atoms with E-state index in [-0.39, 0.29) is 41.0 Å². The predicted molar refractivity (Wildman–Crippen MR) is 77.6 cm³/mol. The number of ether oxygens (including phenoxy) is 1. The Bertz CT molecular complexity index is 621. The van der Waals surface area contributed by atoms with Crippen LogP contribution in [0.4, 0.5) is 0 Å². The number of carbonyl (C=O) groups excluding carboxylic acids is 2. The fourth-order valence-corrected chi connectivity index (χ4v) is 3.23. The van der Waals surface area contributed by atoms with E-state index in [1.54, 1.807) is 0 Å². The first-order valence-corrected chi connectivity index (χ1v) is 7.51. The van der Waals surface area contributed by atoms with Gasteiger partial charge in [-0.25, -0.2) is 0 Å². The number of aliphatic carboxylic acids is 1. The molecule has 2 aliphatic rings. The second kappa shape index (κ2) is 7.62. The molecular weight excluding hydrogens is 305 g/mol. The minimum Gasteiger partial charge on any atom is -0.545 e. The number of rotatable bonds is 4. The number of hydrogen-bond acceptors (Lipinski definition) is 4. The summed E-state index contributed by atoms with van der Waals surface area (Å²) in [7, 11) is 0. The normalized spacial score (nSPS) is 23.5. The molecule has 0 bridgehead atoms. The number of carboxylic acid groups (broad SMARTS) is 1. The number of benzene rings is 1. The van der Waals surface area contributed by atoms with Crippen molar-refractivity contribution in [2.75, 3.05) is 13.2 Å². The van der Waals surface area contributed by atoms with Crippen LogP contribution in [0, 0.1) is 0 Å². The molecule has 0 spiro atoms. The van der Waals surface area contributed by atoms with Gasteiger partial charge in [-0.15, -0.1) is 0 Å².